The zero-order chi connectivity index (χ0) is 11.8. The number of likely N-dealkylation sites (tertiary alicyclic amines) is 2. The fourth-order valence-corrected chi connectivity index (χ4v) is 3.75. The fourth-order valence-electron chi connectivity index (χ4n) is 3.75. The molecule has 1 saturated carbocycles. The number of hydrogen-bond acceptors (Lipinski definition) is 2. The predicted molar refractivity (Wildman–Crippen MR) is 67.7 cm³/mol. The lowest BCUT2D eigenvalue weighted by atomic mass is 9.78. The van der Waals surface area contributed by atoms with Crippen LogP contribution in [-0.2, 0) is 4.79 Å². The minimum absolute atomic E-state index is 0.292. The Hall–Kier alpha value is -0.570. The van der Waals surface area contributed by atoms with E-state index in [4.69, 9.17) is 0 Å². The van der Waals surface area contributed by atoms with Gasteiger partial charge in [-0.3, -0.25) is 4.79 Å². The number of amides is 1. The molecule has 0 aromatic rings. The monoisotopic (exact) mass is 236 g/mol. The molecule has 3 nitrogen and oxygen atoms in total. The van der Waals surface area contributed by atoms with E-state index in [-0.39, 0.29) is 0 Å². The smallest absolute Gasteiger partial charge is 0.227 e. The molecule has 1 amide bonds. The molecule has 0 N–H and O–H groups in total. The van der Waals surface area contributed by atoms with Crippen molar-refractivity contribution in [2.45, 2.75) is 44.6 Å². The first kappa shape index (κ1) is 11.5. The van der Waals surface area contributed by atoms with Crippen LogP contribution in [-0.4, -0.2) is 48.4 Å². The van der Waals surface area contributed by atoms with Crippen LogP contribution in [0.3, 0.4) is 0 Å². The molecule has 0 aromatic heterocycles. The highest BCUT2D eigenvalue weighted by molar-refractivity contribution is 5.80. The summed E-state index contributed by atoms with van der Waals surface area (Å²) >= 11 is 0. The van der Waals surface area contributed by atoms with Crippen molar-refractivity contribution < 1.29 is 4.79 Å². The maximum atomic E-state index is 12.5. The Morgan fingerprint density at radius 1 is 1.06 bits per heavy atom. The Morgan fingerprint density at radius 3 is 2.47 bits per heavy atom. The lowest BCUT2D eigenvalue weighted by Crippen LogP contribution is -2.45. The van der Waals surface area contributed by atoms with Crippen molar-refractivity contribution in [1.82, 2.24) is 9.80 Å². The third-order valence-corrected chi connectivity index (χ3v) is 5.02. The fraction of sp³-hybridized carbons (Fsp3) is 0.929. The molecule has 3 fully saturated rings. The number of rotatable bonds is 2. The van der Waals surface area contributed by atoms with Crippen molar-refractivity contribution in [2.75, 3.05) is 26.7 Å². The van der Waals surface area contributed by atoms with Crippen molar-refractivity contribution >= 4 is 5.91 Å². The van der Waals surface area contributed by atoms with E-state index < -0.39 is 0 Å². The third kappa shape index (κ3) is 2.10. The Bertz CT molecular complexity index is 301. The van der Waals surface area contributed by atoms with Crippen LogP contribution in [0.1, 0.15) is 38.5 Å². The lowest BCUT2D eigenvalue weighted by molar-refractivity contribution is -0.137. The van der Waals surface area contributed by atoms with Gasteiger partial charge in [0.1, 0.15) is 0 Å². The third-order valence-electron chi connectivity index (χ3n) is 5.02. The summed E-state index contributed by atoms with van der Waals surface area (Å²) in [7, 11) is 2.13. The van der Waals surface area contributed by atoms with Crippen LogP contribution in [0.4, 0.5) is 0 Å². The van der Waals surface area contributed by atoms with E-state index in [1.165, 1.54) is 32.1 Å². The van der Waals surface area contributed by atoms with Gasteiger partial charge in [-0.1, -0.05) is 6.42 Å². The Labute approximate surface area is 104 Å². The summed E-state index contributed by atoms with van der Waals surface area (Å²) in [6.45, 7) is 3.10. The minimum Gasteiger partial charge on any atom is -0.339 e. The second-order valence-electron chi connectivity index (χ2n) is 6.18. The van der Waals surface area contributed by atoms with Gasteiger partial charge in [-0.15, -0.1) is 0 Å². The van der Waals surface area contributed by atoms with Crippen LogP contribution in [0.2, 0.25) is 0 Å². The summed E-state index contributed by atoms with van der Waals surface area (Å²) in [5.41, 5.74) is 0. The minimum atomic E-state index is 0.292. The van der Waals surface area contributed by atoms with Gasteiger partial charge in [-0.05, 0) is 51.6 Å². The molecule has 0 spiro atoms. The molecular formula is C14H24N2O. The second-order valence-corrected chi connectivity index (χ2v) is 6.18. The quantitative estimate of drug-likeness (QED) is 0.729. The van der Waals surface area contributed by atoms with Gasteiger partial charge in [-0.25, -0.2) is 0 Å². The molecule has 2 saturated heterocycles. The predicted octanol–water partition coefficient (Wildman–Crippen LogP) is 1.73. The maximum Gasteiger partial charge on any atom is 0.227 e. The van der Waals surface area contributed by atoms with Crippen LogP contribution in [0, 0.1) is 11.8 Å². The topological polar surface area (TPSA) is 23.6 Å². The van der Waals surface area contributed by atoms with E-state index in [2.05, 4.69) is 16.8 Å². The molecule has 0 radical (unpaired) electrons. The van der Waals surface area contributed by atoms with Crippen molar-refractivity contribution in [3.63, 3.8) is 0 Å². The number of carbonyl (C=O) groups is 1. The summed E-state index contributed by atoms with van der Waals surface area (Å²) in [6.07, 6.45) is 7.67. The second kappa shape index (κ2) is 4.60. The van der Waals surface area contributed by atoms with Crippen LogP contribution in [0.25, 0.3) is 0 Å². The molecule has 1 aliphatic carbocycles. The number of carbonyl (C=O) groups excluding carboxylic acids is 1. The van der Waals surface area contributed by atoms with E-state index in [0.717, 1.165) is 32.0 Å². The van der Waals surface area contributed by atoms with Gasteiger partial charge in [0, 0.05) is 19.1 Å². The van der Waals surface area contributed by atoms with E-state index >= 15 is 0 Å². The molecule has 0 aromatic carbocycles. The van der Waals surface area contributed by atoms with E-state index in [1.54, 1.807) is 0 Å². The molecule has 3 heteroatoms. The summed E-state index contributed by atoms with van der Waals surface area (Å²) in [4.78, 5) is 17.1. The van der Waals surface area contributed by atoms with Crippen molar-refractivity contribution in [3.8, 4) is 0 Å². The van der Waals surface area contributed by atoms with Gasteiger partial charge in [0.05, 0.1) is 5.92 Å². The Balaban J connectivity index is 1.63. The standard InChI is InChI=1S/C14H24N2O/c1-15-9-7-12(10-15)14(17)16-8-3-6-13(16)11-4-2-5-11/h11-13H,2-10H2,1H3. The molecule has 96 valence electrons. The van der Waals surface area contributed by atoms with Crippen LogP contribution in [0.5, 0.6) is 0 Å². The highest BCUT2D eigenvalue weighted by Crippen LogP contribution is 2.38. The SMILES string of the molecule is CN1CCC(C(=O)N2CCCC2C2CCC2)C1. The first-order valence-electron chi connectivity index (χ1n) is 7.25. The summed E-state index contributed by atoms with van der Waals surface area (Å²) in [5, 5.41) is 0. The summed E-state index contributed by atoms with van der Waals surface area (Å²) in [6, 6.07) is 0.599. The molecule has 2 atom stereocenters. The molecule has 3 rings (SSSR count). The summed E-state index contributed by atoms with van der Waals surface area (Å²) < 4.78 is 0. The van der Waals surface area contributed by atoms with E-state index in [1.807, 2.05) is 0 Å². The van der Waals surface area contributed by atoms with Gasteiger partial charge < -0.3 is 9.80 Å². The summed E-state index contributed by atoms with van der Waals surface area (Å²) in [5.74, 6) is 1.59. The van der Waals surface area contributed by atoms with Crippen LogP contribution < -0.4 is 0 Å². The van der Waals surface area contributed by atoms with Gasteiger partial charge in [0.25, 0.3) is 0 Å². The van der Waals surface area contributed by atoms with Crippen LogP contribution >= 0.6 is 0 Å². The van der Waals surface area contributed by atoms with E-state index in [9.17, 15) is 4.79 Å². The van der Waals surface area contributed by atoms with Gasteiger partial charge in [-0.2, -0.15) is 0 Å². The number of hydrogen-bond donors (Lipinski definition) is 0. The highest BCUT2D eigenvalue weighted by Gasteiger charge is 2.40. The van der Waals surface area contributed by atoms with Crippen LogP contribution in [0.15, 0.2) is 0 Å². The van der Waals surface area contributed by atoms with E-state index in [0.29, 0.717) is 17.9 Å². The van der Waals surface area contributed by atoms with Gasteiger partial charge in [0.15, 0.2) is 0 Å². The molecule has 2 heterocycles. The maximum absolute atomic E-state index is 12.5. The molecule has 0 bridgehead atoms. The lowest BCUT2D eigenvalue weighted by Gasteiger charge is -2.38. The average molecular weight is 236 g/mol. The van der Waals surface area contributed by atoms with Crippen molar-refractivity contribution in [2.24, 2.45) is 11.8 Å². The zero-order valence-electron chi connectivity index (χ0n) is 10.9. The first-order valence-corrected chi connectivity index (χ1v) is 7.25. The molecule has 2 unspecified atom stereocenters. The van der Waals surface area contributed by atoms with Crippen molar-refractivity contribution in [3.05, 3.63) is 0 Å². The van der Waals surface area contributed by atoms with Gasteiger partial charge >= 0.3 is 0 Å². The normalized spacial score (nSPS) is 35.2. The van der Waals surface area contributed by atoms with Gasteiger partial charge in [0.2, 0.25) is 5.91 Å². The van der Waals surface area contributed by atoms with Crippen molar-refractivity contribution in [1.29, 1.82) is 0 Å². The Kier molecular flexibility index (Phi) is 3.12. The molecule has 3 aliphatic rings. The zero-order valence-corrected chi connectivity index (χ0v) is 10.9. The molecular weight excluding hydrogens is 212 g/mol. The Morgan fingerprint density at radius 2 is 1.88 bits per heavy atom. The largest absolute Gasteiger partial charge is 0.339 e. The molecule has 17 heavy (non-hydrogen) atoms. The number of nitrogens with zero attached hydrogens (tertiary/aromatic N) is 2. The average Bonchev–Trinajstić information content (AvgIpc) is 2.84. The highest BCUT2D eigenvalue weighted by atomic mass is 16.2. The molecule has 2 aliphatic heterocycles. The first-order chi connectivity index (χ1) is 8.25.